The fraction of sp³-hybridized carbons (Fsp3) is 0.524. The van der Waals surface area contributed by atoms with E-state index >= 15 is 4.39 Å². The summed E-state index contributed by atoms with van der Waals surface area (Å²) in [5.74, 6) is -0.696. The molecule has 4 rings (SSSR count). The van der Waals surface area contributed by atoms with Crippen LogP contribution in [0.4, 0.5) is 10.1 Å². The SMILES string of the molecule is CCCc1c(C)[nH]c2c(C(N)=O)cc(F)c(N3CC4CCCN(C#N)C4C3)c12. The highest BCUT2D eigenvalue weighted by Crippen LogP contribution is 2.41. The van der Waals surface area contributed by atoms with Gasteiger partial charge in [0.25, 0.3) is 5.91 Å². The minimum atomic E-state index is -0.634. The van der Waals surface area contributed by atoms with E-state index < -0.39 is 11.7 Å². The minimum Gasteiger partial charge on any atom is -0.366 e. The number of nitrogens with one attached hydrogen (secondary N) is 1. The molecule has 0 bridgehead atoms. The first-order chi connectivity index (χ1) is 13.5. The fourth-order valence-corrected chi connectivity index (χ4v) is 5.07. The van der Waals surface area contributed by atoms with Crippen molar-refractivity contribution in [3.63, 3.8) is 0 Å². The van der Waals surface area contributed by atoms with E-state index in [1.165, 1.54) is 6.07 Å². The zero-order chi connectivity index (χ0) is 20.0. The number of fused-ring (bicyclic) bond motifs is 2. The third-order valence-electron chi connectivity index (χ3n) is 6.31. The van der Waals surface area contributed by atoms with Crippen LogP contribution in [-0.4, -0.2) is 41.5 Å². The van der Waals surface area contributed by atoms with Crippen molar-refractivity contribution in [2.45, 2.75) is 45.6 Å². The number of halogens is 1. The minimum absolute atomic E-state index is 0.124. The van der Waals surface area contributed by atoms with Gasteiger partial charge in [0.1, 0.15) is 5.82 Å². The van der Waals surface area contributed by atoms with Crippen LogP contribution in [0.15, 0.2) is 6.07 Å². The molecule has 1 aromatic heterocycles. The van der Waals surface area contributed by atoms with Crippen LogP contribution in [0, 0.1) is 30.1 Å². The maximum absolute atomic E-state index is 15.3. The van der Waals surface area contributed by atoms with Gasteiger partial charge in [0, 0.05) is 30.7 Å². The van der Waals surface area contributed by atoms with Crippen molar-refractivity contribution >= 4 is 22.5 Å². The quantitative estimate of drug-likeness (QED) is 0.794. The highest BCUT2D eigenvalue weighted by molar-refractivity contribution is 6.10. The van der Waals surface area contributed by atoms with Crippen LogP contribution in [-0.2, 0) is 6.42 Å². The van der Waals surface area contributed by atoms with Crippen molar-refractivity contribution in [1.82, 2.24) is 9.88 Å². The Labute approximate surface area is 164 Å². The van der Waals surface area contributed by atoms with E-state index in [1.807, 2.05) is 11.8 Å². The second kappa shape index (κ2) is 7.01. The molecule has 7 heteroatoms. The summed E-state index contributed by atoms with van der Waals surface area (Å²) >= 11 is 0. The number of likely N-dealkylation sites (tertiary alicyclic amines) is 1. The van der Waals surface area contributed by atoms with Gasteiger partial charge < -0.3 is 20.5 Å². The number of aromatic nitrogens is 1. The van der Waals surface area contributed by atoms with Gasteiger partial charge in [-0.05, 0) is 43.7 Å². The maximum atomic E-state index is 15.3. The number of amides is 1. The van der Waals surface area contributed by atoms with Gasteiger partial charge in [0.2, 0.25) is 0 Å². The number of benzene rings is 1. The largest absolute Gasteiger partial charge is 0.366 e. The molecule has 1 aromatic carbocycles. The standard InChI is InChI=1S/C21H26FN5O/c1-3-5-14-12(2)25-19-15(21(24)28)8-16(22)20(18(14)19)27-9-13-6-4-7-26(11-23)17(13)10-27/h8,13,17,25H,3-7,9-10H2,1-2H3,(H2,24,28). The highest BCUT2D eigenvalue weighted by atomic mass is 19.1. The van der Waals surface area contributed by atoms with Crippen molar-refractivity contribution in [1.29, 1.82) is 5.26 Å². The average molecular weight is 383 g/mol. The second-order valence-electron chi connectivity index (χ2n) is 8.02. The number of nitrogens with two attached hydrogens (primary N) is 1. The van der Waals surface area contributed by atoms with Crippen LogP contribution < -0.4 is 10.6 Å². The summed E-state index contributed by atoms with van der Waals surface area (Å²) in [5.41, 5.74) is 8.88. The Bertz CT molecular complexity index is 976. The molecular weight excluding hydrogens is 357 g/mol. The first-order valence-corrected chi connectivity index (χ1v) is 10.0. The third-order valence-corrected chi connectivity index (χ3v) is 6.31. The Morgan fingerprint density at radius 3 is 2.93 bits per heavy atom. The van der Waals surface area contributed by atoms with Crippen molar-refractivity contribution in [2.75, 3.05) is 24.5 Å². The number of nitriles is 1. The predicted molar refractivity (Wildman–Crippen MR) is 107 cm³/mol. The van der Waals surface area contributed by atoms with Gasteiger partial charge in [-0.1, -0.05) is 13.3 Å². The van der Waals surface area contributed by atoms with Crippen LogP contribution in [0.25, 0.3) is 10.9 Å². The van der Waals surface area contributed by atoms with E-state index in [1.54, 1.807) is 0 Å². The summed E-state index contributed by atoms with van der Waals surface area (Å²) in [7, 11) is 0. The summed E-state index contributed by atoms with van der Waals surface area (Å²) in [6.07, 6.45) is 6.07. The Balaban J connectivity index is 1.87. The summed E-state index contributed by atoms with van der Waals surface area (Å²) in [5, 5.41) is 10.2. The van der Waals surface area contributed by atoms with Crippen molar-refractivity contribution in [2.24, 2.45) is 11.7 Å². The summed E-state index contributed by atoms with van der Waals surface area (Å²) < 4.78 is 15.3. The van der Waals surface area contributed by atoms with Crippen LogP contribution in [0.3, 0.4) is 0 Å². The van der Waals surface area contributed by atoms with Crippen LogP contribution in [0.2, 0.25) is 0 Å². The molecule has 0 saturated carbocycles. The normalized spacial score (nSPS) is 21.8. The highest BCUT2D eigenvalue weighted by Gasteiger charge is 2.40. The molecule has 6 nitrogen and oxygen atoms in total. The molecule has 0 aliphatic carbocycles. The molecule has 2 saturated heterocycles. The third kappa shape index (κ3) is 2.79. The molecule has 2 aromatic rings. The number of nitrogens with zero attached hydrogens (tertiary/aromatic N) is 3. The zero-order valence-electron chi connectivity index (χ0n) is 16.4. The van der Waals surface area contributed by atoms with Gasteiger partial charge >= 0.3 is 0 Å². The number of aromatic amines is 1. The lowest BCUT2D eigenvalue weighted by atomic mass is 9.93. The number of aryl methyl sites for hydroxylation is 2. The second-order valence-corrected chi connectivity index (χ2v) is 8.02. The lowest BCUT2D eigenvalue weighted by molar-refractivity contribution is 0.100. The van der Waals surface area contributed by atoms with Gasteiger partial charge in [0.05, 0.1) is 22.8 Å². The monoisotopic (exact) mass is 383 g/mol. The summed E-state index contributed by atoms with van der Waals surface area (Å²) in [6, 6.07) is 1.38. The number of primary amides is 1. The van der Waals surface area contributed by atoms with Gasteiger partial charge in [-0.2, -0.15) is 5.26 Å². The van der Waals surface area contributed by atoms with Gasteiger partial charge in [-0.25, -0.2) is 4.39 Å². The average Bonchev–Trinajstić information content (AvgIpc) is 3.23. The van der Waals surface area contributed by atoms with E-state index in [9.17, 15) is 10.1 Å². The first kappa shape index (κ1) is 18.6. The molecule has 2 atom stereocenters. The number of H-pyrrole nitrogens is 1. The van der Waals surface area contributed by atoms with Crippen LogP contribution in [0.5, 0.6) is 0 Å². The topological polar surface area (TPSA) is 89.2 Å². The van der Waals surface area contributed by atoms with Gasteiger partial charge in [-0.15, -0.1) is 0 Å². The Morgan fingerprint density at radius 1 is 1.46 bits per heavy atom. The molecule has 3 N–H and O–H groups in total. The van der Waals surface area contributed by atoms with Crippen molar-refractivity contribution in [3.8, 4) is 6.19 Å². The number of anilines is 1. The molecule has 3 heterocycles. The van der Waals surface area contributed by atoms with Crippen LogP contribution >= 0.6 is 0 Å². The summed E-state index contributed by atoms with van der Waals surface area (Å²) in [4.78, 5) is 19.1. The number of carbonyl (C=O) groups excluding carboxylic acids is 1. The molecule has 28 heavy (non-hydrogen) atoms. The molecule has 2 aliphatic heterocycles. The predicted octanol–water partition coefficient (Wildman–Crippen LogP) is 3.05. The number of carbonyl (C=O) groups is 1. The molecule has 2 aliphatic rings. The zero-order valence-corrected chi connectivity index (χ0v) is 16.4. The molecule has 148 valence electrons. The smallest absolute Gasteiger partial charge is 0.250 e. The maximum Gasteiger partial charge on any atom is 0.250 e. The lowest BCUT2D eigenvalue weighted by Crippen LogP contribution is -2.42. The van der Waals surface area contributed by atoms with Gasteiger partial charge in [-0.3, -0.25) is 4.79 Å². The number of rotatable bonds is 4. The Hall–Kier alpha value is -2.75. The molecule has 2 fully saturated rings. The molecule has 0 radical (unpaired) electrons. The van der Waals surface area contributed by atoms with Gasteiger partial charge in [0.15, 0.2) is 6.19 Å². The first-order valence-electron chi connectivity index (χ1n) is 10.0. The number of hydrogen-bond donors (Lipinski definition) is 2. The molecule has 0 spiro atoms. The summed E-state index contributed by atoms with van der Waals surface area (Å²) in [6.45, 7) is 6.16. The van der Waals surface area contributed by atoms with Crippen molar-refractivity contribution < 1.29 is 9.18 Å². The van der Waals surface area contributed by atoms with E-state index in [4.69, 9.17) is 5.73 Å². The molecular formula is C21H26FN5O. The lowest BCUT2D eigenvalue weighted by Gasteiger charge is -2.32. The molecule has 2 unspecified atom stereocenters. The van der Waals surface area contributed by atoms with Crippen molar-refractivity contribution in [3.05, 3.63) is 28.7 Å². The Kier molecular flexibility index (Phi) is 4.66. The van der Waals surface area contributed by atoms with E-state index in [-0.39, 0.29) is 11.6 Å². The van der Waals surface area contributed by atoms with E-state index in [0.717, 1.165) is 55.4 Å². The number of hydrogen-bond acceptors (Lipinski definition) is 4. The molecule has 1 amide bonds. The number of piperidine rings is 1. The van der Waals surface area contributed by atoms with E-state index in [0.29, 0.717) is 23.7 Å². The van der Waals surface area contributed by atoms with Crippen LogP contribution in [0.1, 0.15) is 47.8 Å². The van der Waals surface area contributed by atoms with E-state index in [2.05, 4.69) is 23.0 Å². The Morgan fingerprint density at radius 2 is 2.25 bits per heavy atom. The fourth-order valence-electron chi connectivity index (χ4n) is 5.07.